The summed E-state index contributed by atoms with van der Waals surface area (Å²) in [5.41, 5.74) is 18.8. The number of aliphatic hydroxyl groups excluding tert-OH is 1. The molecule has 4 heterocycles. The molecule has 0 aliphatic carbocycles. The maximum absolute atomic E-state index is 9.28. The molecule has 5 N–H and O–H groups in total. The fourth-order valence-corrected chi connectivity index (χ4v) is 5.40. The summed E-state index contributed by atoms with van der Waals surface area (Å²) in [6.07, 6.45) is 3.54. The highest BCUT2D eigenvalue weighted by Crippen LogP contribution is 2.37. The Morgan fingerprint density at radius 2 is 1.81 bits per heavy atom. The van der Waals surface area contributed by atoms with Crippen molar-refractivity contribution in [2.75, 3.05) is 37.7 Å². The molecule has 9 nitrogen and oxygen atoms in total. The molecule has 0 saturated carbocycles. The number of benzene rings is 2. The number of aromatic nitrogens is 5. The molecule has 1 saturated heterocycles. The second kappa shape index (κ2) is 9.25. The number of rotatable bonds is 6. The van der Waals surface area contributed by atoms with Crippen LogP contribution in [0.4, 0.5) is 11.6 Å². The molecule has 5 aromatic rings. The predicted octanol–water partition coefficient (Wildman–Crippen LogP) is 3.13. The first kappa shape index (κ1) is 22.5. The molecule has 0 unspecified atom stereocenters. The number of hydrogen-bond donors (Lipinski definition) is 3. The molecule has 0 atom stereocenters. The molecule has 36 heavy (non-hydrogen) atoms. The molecule has 1 aliphatic heterocycles. The zero-order valence-corrected chi connectivity index (χ0v) is 20.1. The van der Waals surface area contributed by atoms with Gasteiger partial charge in [0.15, 0.2) is 5.82 Å². The van der Waals surface area contributed by atoms with Gasteiger partial charge in [0.2, 0.25) is 0 Å². The van der Waals surface area contributed by atoms with Crippen LogP contribution in [0.2, 0.25) is 0 Å². The Hall–Kier alpha value is -3.95. The SMILES string of the molecule is Nc1ncnn2c(C3CCN(CCO)CC3)cc(-c3ccc4c(N)n(Cc5ccccc5)nc4c3)c12. The number of anilines is 2. The van der Waals surface area contributed by atoms with Crippen LogP contribution in [0.15, 0.2) is 60.9 Å². The number of fused-ring (bicyclic) bond motifs is 2. The van der Waals surface area contributed by atoms with Crippen molar-refractivity contribution in [1.29, 1.82) is 0 Å². The first-order valence-corrected chi connectivity index (χ1v) is 12.4. The summed E-state index contributed by atoms with van der Waals surface area (Å²) in [5.74, 6) is 1.47. The number of piperidine rings is 1. The molecule has 0 spiro atoms. The van der Waals surface area contributed by atoms with Crippen molar-refractivity contribution in [1.82, 2.24) is 29.3 Å². The van der Waals surface area contributed by atoms with E-state index in [9.17, 15) is 5.11 Å². The minimum Gasteiger partial charge on any atom is -0.395 e. The van der Waals surface area contributed by atoms with Gasteiger partial charge >= 0.3 is 0 Å². The molecule has 184 valence electrons. The monoisotopic (exact) mass is 482 g/mol. The van der Waals surface area contributed by atoms with E-state index in [1.807, 2.05) is 33.5 Å². The van der Waals surface area contributed by atoms with Gasteiger partial charge in [-0.1, -0.05) is 36.4 Å². The zero-order valence-electron chi connectivity index (χ0n) is 20.1. The number of β-amino-alcohol motifs (C(OH)–C–C–N with tert-alkyl or cyclic N) is 1. The molecule has 1 aliphatic rings. The average molecular weight is 483 g/mol. The van der Waals surface area contributed by atoms with E-state index in [0.717, 1.165) is 71.3 Å². The third-order valence-corrected chi connectivity index (χ3v) is 7.30. The Morgan fingerprint density at radius 3 is 2.58 bits per heavy atom. The minimum absolute atomic E-state index is 0.195. The molecule has 1 fully saturated rings. The van der Waals surface area contributed by atoms with E-state index in [-0.39, 0.29) is 6.61 Å². The predicted molar refractivity (Wildman–Crippen MR) is 142 cm³/mol. The molecule has 6 rings (SSSR count). The Labute approximate surface area is 209 Å². The number of nitrogen functional groups attached to an aromatic ring is 2. The highest BCUT2D eigenvalue weighted by Gasteiger charge is 2.26. The normalized spacial score (nSPS) is 15.2. The fourth-order valence-electron chi connectivity index (χ4n) is 5.40. The van der Waals surface area contributed by atoms with E-state index in [4.69, 9.17) is 16.6 Å². The Morgan fingerprint density at radius 1 is 1.00 bits per heavy atom. The minimum atomic E-state index is 0.195. The van der Waals surface area contributed by atoms with Crippen LogP contribution in [0, 0.1) is 0 Å². The van der Waals surface area contributed by atoms with Crippen LogP contribution in [0.1, 0.15) is 30.0 Å². The van der Waals surface area contributed by atoms with Crippen LogP contribution in [-0.2, 0) is 6.54 Å². The van der Waals surface area contributed by atoms with Crippen molar-refractivity contribution in [2.24, 2.45) is 0 Å². The quantitative estimate of drug-likeness (QED) is 0.340. The molecule has 0 bridgehead atoms. The molecular weight excluding hydrogens is 452 g/mol. The van der Waals surface area contributed by atoms with Crippen molar-refractivity contribution in [3.63, 3.8) is 0 Å². The second-order valence-electron chi connectivity index (χ2n) is 9.49. The van der Waals surface area contributed by atoms with E-state index >= 15 is 0 Å². The summed E-state index contributed by atoms with van der Waals surface area (Å²) in [6.45, 7) is 3.45. The van der Waals surface area contributed by atoms with Gasteiger partial charge in [0.25, 0.3) is 0 Å². The summed E-state index contributed by atoms with van der Waals surface area (Å²) in [5, 5.41) is 19.6. The summed E-state index contributed by atoms with van der Waals surface area (Å²) in [4.78, 5) is 6.59. The molecular formula is C27H30N8O. The first-order valence-electron chi connectivity index (χ1n) is 12.4. The maximum atomic E-state index is 9.28. The largest absolute Gasteiger partial charge is 0.395 e. The number of aliphatic hydroxyl groups is 1. The van der Waals surface area contributed by atoms with E-state index < -0.39 is 0 Å². The lowest BCUT2D eigenvalue weighted by Gasteiger charge is -2.31. The first-order chi connectivity index (χ1) is 17.6. The van der Waals surface area contributed by atoms with Gasteiger partial charge in [-0.15, -0.1) is 0 Å². The van der Waals surface area contributed by atoms with Gasteiger partial charge < -0.3 is 21.5 Å². The zero-order chi connectivity index (χ0) is 24.6. The maximum Gasteiger partial charge on any atom is 0.151 e. The van der Waals surface area contributed by atoms with Gasteiger partial charge in [-0.3, -0.25) is 0 Å². The summed E-state index contributed by atoms with van der Waals surface area (Å²) >= 11 is 0. The lowest BCUT2D eigenvalue weighted by molar-refractivity contribution is 0.163. The van der Waals surface area contributed by atoms with Crippen molar-refractivity contribution in [3.8, 4) is 11.1 Å². The van der Waals surface area contributed by atoms with E-state index in [1.54, 1.807) is 0 Å². The molecule has 0 amide bonds. The topological polar surface area (TPSA) is 124 Å². The smallest absolute Gasteiger partial charge is 0.151 e. The summed E-state index contributed by atoms with van der Waals surface area (Å²) < 4.78 is 3.81. The third-order valence-electron chi connectivity index (χ3n) is 7.30. The third kappa shape index (κ3) is 3.96. The number of nitrogens with two attached hydrogens (primary N) is 2. The average Bonchev–Trinajstić information content (AvgIpc) is 3.44. The summed E-state index contributed by atoms with van der Waals surface area (Å²) in [7, 11) is 0. The van der Waals surface area contributed by atoms with Crippen LogP contribution in [0.25, 0.3) is 27.5 Å². The van der Waals surface area contributed by atoms with Gasteiger partial charge in [-0.05, 0) is 55.3 Å². The Balaban J connectivity index is 1.39. The molecule has 2 aromatic carbocycles. The van der Waals surface area contributed by atoms with Crippen molar-refractivity contribution < 1.29 is 5.11 Å². The second-order valence-corrected chi connectivity index (χ2v) is 9.49. The van der Waals surface area contributed by atoms with Gasteiger partial charge in [-0.2, -0.15) is 10.2 Å². The Kier molecular flexibility index (Phi) is 5.79. The highest BCUT2D eigenvalue weighted by atomic mass is 16.3. The summed E-state index contributed by atoms with van der Waals surface area (Å²) in [6, 6.07) is 18.6. The van der Waals surface area contributed by atoms with Crippen LogP contribution < -0.4 is 11.5 Å². The lowest BCUT2D eigenvalue weighted by Crippen LogP contribution is -2.35. The van der Waals surface area contributed by atoms with E-state index in [1.165, 1.54) is 6.33 Å². The van der Waals surface area contributed by atoms with Gasteiger partial charge in [0.05, 0.1) is 18.7 Å². The molecule has 3 aromatic heterocycles. The Bertz CT molecular complexity index is 1520. The fraction of sp³-hybridized carbons (Fsp3) is 0.296. The van der Waals surface area contributed by atoms with Crippen LogP contribution >= 0.6 is 0 Å². The standard InChI is InChI=1S/C27H30N8O/c28-26-25-22(15-24(35(25)31-17-30-26)19-8-10-33(11-9-19)12-13-36)20-6-7-21-23(14-20)32-34(27(21)29)16-18-4-2-1-3-5-18/h1-7,14-15,17,19,36H,8-13,16,29H2,(H2,28,30,31). The van der Waals surface area contributed by atoms with Gasteiger partial charge in [-0.25, -0.2) is 14.2 Å². The molecule has 0 radical (unpaired) electrons. The van der Waals surface area contributed by atoms with E-state index in [0.29, 0.717) is 24.1 Å². The van der Waals surface area contributed by atoms with Crippen LogP contribution in [0.3, 0.4) is 0 Å². The number of hydrogen-bond acceptors (Lipinski definition) is 7. The van der Waals surface area contributed by atoms with Crippen molar-refractivity contribution in [3.05, 3.63) is 72.2 Å². The van der Waals surface area contributed by atoms with Crippen molar-refractivity contribution >= 4 is 28.1 Å². The number of likely N-dealkylation sites (tertiary alicyclic amines) is 1. The van der Waals surface area contributed by atoms with Gasteiger partial charge in [0, 0.05) is 29.1 Å². The van der Waals surface area contributed by atoms with Gasteiger partial charge in [0.1, 0.15) is 17.7 Å². The van der Waals surface area contributed by atoms with Crippen molar-refractivity contribution in [2.45, 2.75) is 25.3 Å². The van der Waals surface area contributed by atoms with Crippen LogP contribution in [-0.4, -0.2) is 60.6 Å². The van der Waals surface area contributed by atoms with E-state index in [2.05, 4.69) is 45.3 Å². The number of nitrogens with zero attached hydrogens (tertiary/aromatic N) is 6. The van der Waals surface area contributed by atoms with Crippen LogP contribution in [0.5, 0.6) is 0 Å². The lowest BCUT2D eigenvalue weighted by atomic mass is 9.93. The molecule has 9 heteroatoms. The highest BCUT2D eigenvalue weighted by molar-refractivity contribution is 5.96.